The molecule has 5 nitrogen and oxygen atoms in total. The van der Waals surface area contributed by atoms with Gasteiger partial charge in [0.1, 0.15) is 11.8 Å². The van der Waals surface area contributed by atoms with Gasteiger partial charge in [-0.1, -0.05) is 11.6 Å². The van der Waals surface area contributed by atoms with Crippen molar-refractivity contribution in [1.29, 1.82) is 5.26 Å². The molecule has 118 valence electrons. The van der Waals surface area contributed by atoms with E-state index in [-0.39, 0.29) is 18.9 Å². The Bertz CT molecular complexity index is 670. The van der Waals surface area contributed by atoms with Gasteiger partial charge in [0.2, 0.25) is 0 Å². The summed E-state index contributed by atoms with van der Waals surface area (Å²) in [5, 5.41) is 41.0. The first kappa shape index (κ1) is 15.6. The lowest BCUT2D eigenvalue weighted by molar-refractivity contribution is -0.0731. The second-order valence-electron chi connectivity index (χ2n) is 6.75. The van der Waals surface area contributed by atoms with E-state index in [9.17, 15) is 15.3 Å². The van der Waals surface area contributed by atoms with Crippen molar-refractivity contribution < 1.29 is 15.3 Å². The lowest BCUT2D eigenvalue weighted by Gasteiger charge is -2.48. The highest BCUT2D eigenvalue weighted by Gasteiger charge is 2.58. The van der Waals surface area contributed by atoms with Gasteiger partial charge in [-0.3, -0.25) is 0 Å². The number of benzene rings is 1. The van der Waals surface area contributed by atoms with E-state index in [1.165, 1.54) is 0 Å². The summed E-state index contributed by atoms with van der Waals surface area (Å²) in [7, 11) is 0. The smallest absolute Gasteiger partial charge is 0.143 e. The molecular formula is C16H19ClN2O3. The highest BCUT2D eigenvalue weighted by atomic mass is 35.5. The van der Waals surface area contributed by atoms with Gasteiger partial charge in [0, 0.05) is 18.5 Å². The largest absolute Gasteiger partial charge is 0.391 e. The summed E-state index contributed by atoms with van der Waals surface area (Å²) in [6, 6.07) is 5.02. The number of nitrogens with zero attached hydrogens (tertiary/aromatic N) is 2. The zero-order chi connectivity index (χ0) is 16.3. The molecule has 1 unspecified atom stereocenters. The predicted molar refractivity (Wildman–Crippen MR) is 82.6 cm³/mol. The number of fused-ring (bicyclic) bond motifs is 2. The summed E-state index contributed by atoms with van der Waals surface area (Å²) in [5.41, 5.74) is -0.554. The van der Waals surface area contributed by atoms with Crippen LogP contribution in [0.2, 0.25) is 5.02 Å². The molecule has 0 aromatic heterocycles. The number of anilines is 1. The van der Waals surface area contributed by atoms with Crippen LogP contribution >= 0.6 is 11.6 Å². The minimum Gasteiger partial charge on any atom is -0.391 e. The summed E-state index contributed by atoms with van der Waals surface area (Å²) in [4.78, 5) is 1.76. The molecule has 0 amide bonds. The van der Waals surface area contributed by atoms with Crippen LogP contribution in [0.3, 0.4) is 0 Å². The van der Waals surface area contributed by atoms with Crippen molar-refractivity contribution in [2.24, 2.45) is 0 Å². The van der Waals surface area contributed by atoms with Crippen molar-refractivity contribution in [3.8, 4) is 6.07 Å². The van der Waals surface area contributed by atoms with Crippen molar-refractivity contribution in [1.82, 2.24) is 0 Å². The molecule has 2 saturated heterocycles. The van der Waals surface area contributed by atoms with Crippen LogP contribution in [0.5, 0.6) is 0 Å². The zero-order valence-electron chi connectivity index (χ0n) is 12.5. The van der Waals surface area contributed by atoms with Gasteiger partial charge in [-0.25, -0.2) is 0 Å². The standard InChI is InChI=1S/C16H19ClN2O3/c1-9-11(4-3-10(7-18)14(9)17)19-12-5-15(2,21)8-16(19,22)6-13(12)20/h3-4,12-13,20-22H,5-6,8H2,1-2H3/t12-,13?,15-,16+/m1/s1. The average molecular weight is 323 g/mol. The van der Waals surface area contributed by atoms with E-state index in [1.54, 1.807) is 30.9 Å². The third-order valence-corrected chi connectivity index (χ3v) is 5.30. The quantitative estimate of drug-likeness (QED) is 0.732. The maximum atomic E-state index is 11.0. The number of halogens is 1. The van der Waals surface area contributed by atoms with Gasteiger partial charge in [0.25, 0.3) is 0 Å². The van der Waals surface area contributed by atoms with Crippen LogP contribution in [-0.2, 0) is 0 Å². The van der Waals surface area contributed by atoms with Gasteiger partial charge in [-0.05, 0) is 38.0 Å². The molecule has 4 atom stereocenters. The Morgan fingerprint density at radius 1 is 1.36 bits per heavy atom. The van der Waals surface area contributed by atoms with E-state index >= 15 is 0 Å². The van der Waals surface area contributed by atoms with Crippen LogP contribution in [0.15, 0.2) is 12.1 Å². The Morgan fingerprint density at radius 2 is 2.05 bits per heavy atom. The van der Waals surface area contributed by atoms with Crippen LogP contribution in [0.4, 0.5) is 5.69 Å². The first-order chi connectivity index (χ1) is 10.2. The third-order valence-electron chi connectivity index (χ3n) is 4.81. The first-order valence-electron chi connectivity index (χ1n) is 7.30. The zero-order valence-corrected chi connectivity index (χ0v) is 13.3. The molecule has 3 N–H and O–H groups in total. The Morgan fingerprint density at radius 3 is 2.64 bits per heavy atom. The summed E-state index contributed by atoms with van der Waals surface area (Å²) in [6.45, 7) is 3.47. The highest BCUT2D eigenvalue weighted by molar-refractivity contribution is 6.32. The molecule has 3 rings (SSSR count). The van der Waals surface area contributed by atoms with Crippen molar-refractivity contribution in [3.63, 3.8) is 0 Å². The maximum Gasteiger partial charge on any atom is 0.143 e. The minimum absolute atomic E-state index is 0.157. The third kappa shape index (κ3) is 2.19. The maximum absolute atomic E-state index is 11.0. The van der Waals surface area contributed by atoms with Crippen LogP contribution in [-0.4, -0.2) is 38.8 Å². The van der Waals surface area contributed by atoms with Crippen molar-refractivity contribution in [3.05, 3.63) is 28.3 Å². The summed E-state index contributed by atoms with van der Waals surface area (Å²) in [5.74, 6) is 0. The summed E-state index contributed by atoms with van der Waals surface area (Å²) >= 11 is 6.23. The molecule has 2 fully saturated rings. The fraction of sp³-hybridized carbons (Fsp3) is 0.562. The predicted octanol–water partition coefficient (Wildman–Crippen LogP) is 1.69. The number of nitriles is 1. The van der Waals surface area contributed by atoms with Crippen LogP contribution in [0.1, 0.15) is 37.3 Å². The number of rotatable bonds is 1. The normalized spacial score (nSPS) is 37.2. The Kier molecular flexibility index (Phi) is 3.42. The molecule has 1 aromatic carbocycles. The number of aliphatic hydroxyl groups is 3. The van der Waals surface area contributed by atoms with E-state index in [2.05, 4.69) is 0 Å². The second-order valence-corrected chi connectivity index (χ2v) is 7.13. The fourth-order valence-electron chi connectivity index (χ4n) is 3.99. The van der Waals surface area contributed by atoms with E-state index in [0.717, 1.165) is 0 Å². The van der Waals surface area contributed by atoms with E-state index in [4.69, 9.17) is 16.9 Å². The van der Waals surface area contributed by atoms with Gasteiger partial charge in [0.05, 0.1) is 28.3 Å². The first-order valence-corrected chi connectivity index (χ1v) is 7.68. The van der Waals surface area contributed by atoms with Gasteiger partial charge in [0.15, 0.2) is 0 Å². The molecule has 6 heteroatoms. The van der Waals surface area contributed by atoms with Gasteiger partial charge in [-0.15, -0.1) is 0 Å². The van der Waals surface area contributed by atoms with E-state index in [0.29, 0.717) is 28.3 Å². The number of piperidine rings is 1. The van der Waals surface area contributed by atoms with Crippen molar-refractivity contribution >= 4 is 17.3 Å². The van der Waals surface area contributed by atoms with Crippen LogP contribution < -0.4 is 4.90 Å². The average Bonchev–Trinajstić information content (AvgIpc) is 2.57. The molecular weight excluding hydrogens is 304 g/mol. The number of hydrogen-bond acceptors (Lipinski definition) is 5. The second kappa shape index (κ2) is 4.84. The molecule has 0 saturated carbocycles. The van der Waals surface area contributed by atoms with Gasteiger partial charge < -0.3 is 20.2 Å². The lowest BCUT2D eigenvalue weighted by Crippen LogP contribution is -2.58. The van der Waals surface area contributed by atoms with Crippen molar-refractivity contribution in [2.45, 2.75) is 56.6 Å². The van der Waals surface area contributed by atoms with E-state index < -0.39 is 17.4 Å². The van der Waals surface area contributed by atoms with Crippen LogP contribution in [0, 0.1) is 18.3 Å². The monoisotopic (exact) mass is 322 g/mol. The molecule has 22 heavy (non-hydrogen) atoms. The van der Waals surface area contributed by atoms with Crippen LogP contribution in [0.25, 0.3) is 0 Å². The molecule has 0 spiro atoms. The fourth-order valence-corrected chi connectivity index (χ4v) is 4.19. The molecule has 0 aliphatic carbocycles. The Hall–Kier alpha value is -1.32. The molecule has 2 aliphatic heterocycles. The molecule has 2 heterocycles. The Balaban J connectivity index is 2.10. The lowest BCUT2D eigenvalue weighted by atomic mass is 9.85. The minimum atomic E-state index is -1.31. The van der Waals surface area contributed by atoms with Gasteiger partial charge >= 0.3 is 0 Å². The summed E-state index contributed by atoms with van der Waals surface area (Å²) < 4.78 is 0. The molecule has 0 radical (unpaired) electrons. The number of aliphatic hydroxyl groups excluding tert-OH is 1. The highest BCUT2D eigenvalue weighted by Crippen LogP contribution is 2.50. The van der Waals surface area contributed by atoms with E-state index in [1.807, 2.05) is 6.07 Å². The summed E-state index contributed by atoms with van der Waals surface area (Å²) in [6.07, 6.45) is -0.00366. The molecule has 2 aliphatic rings. The molecule has 1 aromatic rings. The van der Waals surface area contributed by atoms with Crippen molar-refractivity contribution in [2.75, 3.05) is 4.90 Å². The van der Waals surface area contributed by atoms with Gasteiger partial charge in [-0.2, -0.15) is 5.26 Å². The SMILES string of the molecule is Cc1c(N2[C@@H]3C[C@@](C)(O)C[C@@]2(O)CC3O)ccc(C#N)c1Cl. The number of hydrogen-bond donors (Lipinski definition) is 3. The molecule has 2 bridgehead atoms. The topological polar surface area (TPSA) is 87.7 Å². The Labute approximate surface area is 134 Å².